The van der Waals surface area contributed by atoms with Crippen LogP contribution in [0.5, 0.6) is 0 Å². The molecule has 2 N–H and O–H groups in total. The molecule has 29 heavy (non-hydrogen) atoms. The fourth-order valence-corrected chi connectivity index (χ4v) is 3.33. The maximum atomic E-state index is 12.0. The zero-order valence-corrected chi connectivity index (χ0v) is 17.7. The Bertz CT molecular complexity index is 764. The minimum absolute atomic E-state index is 0.150. The Morgan fingerprint density at radius 3 is 2.48 bits per heavy atom. The van der Waals surface area contributed by atoms with E-state index < -0.39 is 5.60 Å². The number of hydrogen-bond acceptors (Lipinski definition) is 4. The van der Waals surface area contributed by atoms with Crippen LogP contribution in [-0.4, -0.2) is 61.2 Å². The van der Waals surface area contributed by atoms with Gasteiger partial charge in [-0.2, -0.15) is 0 Å². The van der Waals surface area contributed by atoms with Crippen molar-refractivity contribution < 1.29 is 14.3 Å². The third-order valence-electron chi connectivity index (χ3n) is 4.88. The van der Waals surface area contributed by atoms with Gasteiger partial charge >= 0.3 is 6.09 Å². The average molecular weight is 402 g/mol. The maximum Gasteiger partial charge on any atom is 0.410 e. The van der Waals surface area contributed by atoms with Crippen LogP contribution in [-0.2, 0) is 16.1 Å². The number of nitrogens with zero attached hydrogens (tertiary/aromatic N) is 3. The third-order valence-corrected chi connectivity index (χ3v) is 4.88. The SMILES string of the molecule is CN=C(NCc1ccc(N2CCCC2=O)cc1)NC1CN(C(=O)OC(C)(C)C)C1. The summed E-state index contributed by atoms with van der Waals surface area (Å²) in [4.78, 5) is 31.6. The van der Waals surface area contributed by atoms with Gasteiger partial charge in [-0.3, -0.25) is 9.79 Å². The second-order valence-corrected chi connectivity index (χ2v) is 8.47. The number of aliphatic imine (C=N–C) groups is 1. The van der Waals surface area contributed by atoms with Crippen LogP contribution in [0.3, 0.4) is 0 Å². The molecule has 0 radical (unpaired) electrons. The van der Waals surface area contributed by atoms with Crippen molar-refractivity contribution in [2.75, 3.05) is 31.6 Å². The second kappa shape index (κ2) is 8.71. The first kappa shape index (κ1) is 21.0. The van der Waals surface area contributed by atoms with Crippen LogP contribution in [0.1, 0.15) is 39.2 Å². The van der Waals surface area contributed by atoms with Crippen molar-refractivity contribution in [2.45, 2.75) is 51.8 Å². The zero-order chi connectivity index (χ0) is 21.0. The number of carbonyl (C=O) groups excluding carboxylic acids is 2. The van der Waals surface area contributed by atoms with Gasteiger partial charge in [0.05, 0.1) is 6.04 Å². The molecule has 1 aromatic rings. The van der Waals surface area contributed by atoms with Crippen LogP contribution in [0.4, 0.5) is 10.5 Å². The standard InChI is InChI=1S/C21H31N5O3/c1-21(2,3)29-20(28)25-13-16(14-25)24-19(22-4)23-12-15-7-9-17(10-8-15)26-11-5-6-18(26)27/h7-10,16H,5-6,11-14H2,1-4H3,(H2,22,23,24). The van der Waals surface area contributed by atoms with E-state index in [9.17, 15) is 9.59 Å². The van der Waals surface area contributed by atoms with Crippen molar-refractivity contribution in [1.29, 1.82) is 0 Å². The molecular weight excluding hydrogens is 370 g/mol. The summed E-state index contributed by atoms with van der Waals surface area (Å²) in [5.74, 6) is 0.888. The molecule has 8 heteroatoms. The summed E-state index contributed by atoms with van der Waals surface area (Å²) in [6.07, 6.45) is 1.28. The van der Waals surface area contributed by atoms with Crippen LogP contribution in [0.15, 0.2) is 29.3 Å². The molecule has 0 aliphatic carbocycles. The van der Waals surface area contributed by atoms with Gasteiger partial charge in [-0.05, 0) is 44.9 Å². The molecule has 0 unspecified atom stereocenters. The molecule has 0 aromatic heterocycles. The summed E-state index contributed by atoms with van der Waals surface area (Å²) in [5.41, 5.74) is 1.58. The molecule has 8 nitrogen and oxygen atoms in total. The number of ether oxygens (including phenoxy) is 1. The van der Waals surface area contributed by atoms with Crippen molar-refractivity contribution in [3.8, 4) is 0 Å². The van der Waals surface area contributed by atoms with Crippen molar-refractivity contribution in [2.24, 2.45) is 4.99 Å². The predicted octanol–water partition coefficient (Wildman–Crippen LogP) is 2.10. The van der Waals surface area contributed by atoms with Crippen LogP contribution >= 0.6 is 0 Å². The van der Waals surface area contributed by atoms with E-state index in [0.29, 0.717) is 32.0 Å². The highest BCUT2D eigenvalue weighted by Gasteiger charge is 2.34. The number of rotatable bonds is 4. The van der Waals surface area contributed by atoms with Gasteiger partial charge in [0.25, 0.3) is 0 Å². The Labute approximate surface area is 172 Å². The lowest BCUT2D eigenvalue weighted by Crippen LogP contribution is -2.63. The third kappa shape index (κ3) is 5.62. The van der Waals surface area contributed by atoms with E-state index in [4.69, 9.17) is 4.74 Å². The van der Waals surface area contributed by atoms with Gasteiger partial charge in [-0.15, -0.1) is 0 Å². The number of carbonyl (C=O) groups is 2. The van der Waals surface area contributed by atoms with Gasteiger partial charge in [-0.1, -0.05) is 12.1 Å². The summed E-state index contributed by atoms with van der Waals surface area (Å²) < 4.78 is 5.37. The Kier molecular flexibility index (Phi) is 6.30. The Hall–Kier alpha value is -2.77. The molecule has 2 aliphatic rings. The van der Waals surface area contributed by atoms with Crippen molar-refractivity contribution in [3.05, 3.63) is 29.8 Å². The van der Waals surface area contributed by atoms with Gasteiger partial charge < -0.3 is 25.2 Å². The predicted molar refractivity (Wildman–Crippen MR) is 113 cm³/mol. The van der Waals surface area contributed by atoms with Crippen molar-refractivity contribution >= 4 is 23.6 Å². The molecule has 0 bridgehead atoms. The molecule has 0 saturated carbocycles. The lowest BCUT2D eigenvalue weighted by Gasteiger charge is -2.40. The first-order valence-corrected chi connectivity index (χ1v) is 10.1. The molecule has 0 atom stereocenters. The first-order valence-electron chi connectivity index (χ1n) is 10.1. The number of hydrogen-bond donors (Lipinski definition) is 2. The maximum absolute atomic E-state index is 12.0. The molecule has 2 fully saturated rings. The molecular formula is C21H31N5O3. The second-order valence-electron chi connectivity index (χ2n) is 8.47. The highest BCUT2D eigenvalue weighted by Crippen LogP contribution is 2.21. The minimum atomic E-state index is -0.481. The fraction of sp³-hybridized carbons (Fsp3) is 0.571. The Balaban J connectivity index is 1.42. The van der Waals surface area contributed by atoms with E-state index >= 15 is 0 Å². The van der Waals surface area contributed by atoms with E-state index in [1.54, 1.807) is 11.9 Å². The lowest BCUT2D eigenvalue weighted by molar-refractivity contribution is -0.117. The summed E-state index contributed by atoms with van der Waals surface area (Å²) in [6, 6.07) is 8.17. The lowest BCUT2D eigenvalue weighted by atomic mass is 10.1. The Morgan fingerprint density at radius 1 is 1.24 bits per heavy atom. The Morgan fingerprint density at radius 2 is 1.93 bits per heavy atom. The molecule has 2 amide bonds. The number of likely N-dealkylation sites (tertiary alicyclic amines) is 1. The van der Waals surface area contributed by atoms with Gasteiger partial charge in [0.1, 0.15) is 5.60 Å². The van der Waals surface area contributed by atoms with Crippen LogP contribution in [0, 0.1) is 0 Å². The van der Waals surface area contributed by atoms with Gasteiger partial charge in [0, 0.05) is 45.3 Å². The number of anilines is 1. The normalized spacial score (nSPS) is 17.9. The highest BCUT2D eigenvalue weighted by atomic mass is 16.6. The molecule has 2 heterocycles. The first-order chi connectivity index (χ1) is 13.7. The van der Waals surface area contributed by atoms with E-state index in [2.05, 4.69) is 15.6 Å². The summed E-state index contributed by atoms with van der Waals surface area (Å²) >= 11 is 0. The van der Waals surface area contributed by atoms with Crippen LogP contribution in [0.2, 0.25) is 0 Å². The largest absolute Gasteiger partial charge is 0.444 e. The molecule has 1 aromatic carbocycles. The van der Waals surface area contributed by atoms with E-state index in [-0.39, 0.29) is 18.0 Å². The van der Waals surface area contributed by atoms with E-state index in [0.717, 1.165) is 24.2 Å². The summed E-state index contributed by atoms with van der Waals surface area (Å²) in [7, 11) is 1.72. The summed E-state index contributed by atoms with van der Waals surface area (Å²) in [6.45, 7) is 8.19. The van der Waals surface area contributed by atoms with Crippen LogP contribution in [0.25, 0.3) is 0 Å². The van der Waals surface area contributed by atoms with Crippen LogP contribution < -0.4 is 15.5 Å². The zero-order valence-electron chi connectivity index (χ0n) is 17.7. The molecule has 3 rings (SSSR count). The number of amides is 2. The van der Waals surface area contributed by atoms with Gasteiger partial charge in [0.2, 0.25) is 5.91 Å². The highest BCUT2D eigenvalue weighted by molar-refractivity contribution is 5.95. The number of guanidine groups is 1. The number of benzene rings is 1. The smallest absolute Gasteiger partial charge is 0.410 e. The van der Waals surface area contributed by atoms with Gasteiger partial charge in [0.15, 0.2) is 5.96 Å². The summed E-state index contributed by atoms with van der Waals surface area (Å²) in [5, 5.41) is 6.61. The monoisotopic (exact) mass is 401 g/mol. The van der Waals surface area contributed by atoms with Crippen molar-refractivity contribution in [3.63, 3.8) is 0 Å². The fourth-order valence-electron chi connectivity index (χ4n) is 3.33. The molecule has 158 valence electrons. The van der Waals surface area contributed by atoms with E-state index in [1.807, 2.05) is 49.9 Å². The molecule has 2 saturated heterocycles. The molecule has 0 spiro atoms. The quantitative estimate of drug-likeness (QED) is 0.596. The number of nitrogens with one attached hydrogen (secondary N) is 2. The van der Waals surface area contributed by atoms with Crippen molar-refractivity contribution in [1.82, 2.24) is 15.5 Å². The minimum Gasteiger partial charge on any atom is -0.444 e. The van der Waals surface area contributed by atoms with Gasteiger partial charge in [-0.25, -0.2) is 4.79 Å². The molecule has 2 aliphatic heterocycles. The average Bonchev–Trinajstić information content (AvgIpc) is 3.05. The topological polar surface area (TPSA) is 86.3 Å². The van der Waals surface area contributed by atoms with E-state index in [1.165, 1.54) is 0 Å².